The van der Waals surface area contributed by atoms with Gasteiger partial charge in [0.05, 0.1) is 0 Å². The highest BCUT2D eigenvalue weighted by Crippen LogP contribution is 2.27. The van der Waals surface area contributed by atoms with Gasteiger partial charge in [0.2, 0.25) is 0 Å². The molecule has 1 aliphatic heterocycles. The monoisotopic (exact) mass is 216 g/mol. The molecular formula is C9H16N2O4. The van der Waals surface area contributed by atoms with Gasteiger partial charge in [-0.05, 0) is 19.3 Å². The first-order valence-electron chi connectivity index (χ1n) is 5.07. The maximum Gasteiger partial charge on any atom is 0.408 e. The van der Waals surface area contributed by atoms with Crippen LogP contribution in [0.3, 0.4) is 0 Å². The first-order chi connectivity index (χ1) is 7.11. The molecule has 2 amide bonds. The first-order valence-corrected chi connectivity index (χ1v) is 5.07. The number of nitrogens with zero attached hydrogens (tertiary/aromatic N) is 1. The summed E-state index contributed by atoms with van der Waals surface area (Å²) in [6.45, 7) is 1.97. The zero-order valence-electron chi connectivity index (χ0n) is 8.64. The molecular weight excluding hydrogens is 200 g/mol. The van der Waals surface area contributed by atoms with E-state index in [4.69, 9.17) is 10.3 Å². The predicted molar refractivity (Wildman–Crippen MR) is 51.5 cm³/mol. The summed E-state index contributed by atoms with van der Waals surface area (Å²) in [4.78, 5) is 23.3. The summed E-state index contributed by atoms with van der Waals surface area (Å²) in [5.74, 6) is -0.643. The second-order valence-corrected chi connectivity index (χ2v) is 3.70. The average molecular weight is 216 g/mol. The largest absolute Gasteiger partial charge is 0.465 e. The Morgan fingerprint density at radius 2 is 2.13 bits per heavy atom. The van der Waals surface area contributed by atoms with Crippen LogP contribution in [0.1, 0.15) is 32.6 Å². The Labute approximate surface area is 87.8 Å². The molecule has 6 nitrogen and oxygen atoms in total. The third-order valence-corrected chi connectivity index (χ3v) is 2.76. The molecule has 1 fully saturated rings. The lowest BCUT2D eigenvalue weighted by Crippen LogP contribution is -2.47. The molecule has 2 unspecified atom stereocenters. The fraction of sp³-hybridized carbons (Fsp3) is 0.778. The Morgan fingerprint density at radius 1 is 1.47 bits per heavy atom. The summed E-state index contributed by atoms with van der Waals surface area (Å²) in [5.41, 5.74) is 1.51. The van der Waals surface area contributed by atoms with Gasteiger partial charge in [0.1, 0.15) is 6.04 Å². The van der Waals surface area contributed by atoms with Crippen molar-refractivity contribution in [3.63, 3.8) is 0 Å². The van der Waals surface area contributed by atoms with Gasteiger partial charge in [0.15, 0.2) is 0 Å². The van der Waals surface area contributed by atoms with Crippen molar-refractivity contribution in [2.45, 2.75) is 44.7 Å². The van der Waals surface area contributed by atoms with Crippen LogP contribution in [0, 0.1) is 0 Å². The fourth-order valence-corrected chi connectivity index (χ4v) is 2.12. The van der Waals surface area contributed by atoms with Crippen molar-refractivity contribution in [2.75, 3.05) is 0 Å². The summed E-state index contributed by atoms with van der Waals surface area (Å²) >= 11 is 0. The fourth-order valence-electron chi connectivity index (χ4n) is 2.12. The van der Waals surface area contributed by atoms with Crippen molar-refractivity contribution >= 4 is 12.0 Å². The Hall–Kier alpha value is -1.30. The molecule has 2 atom stereocenters. The molecule has 0 aliphatic carbocycles. The van der Waals surface area contributed by atoms with Crippen molar-refractivity contribution in [3.05, 3.63) is 0 Å². The molecule has 86 valence electrons. The van der Waals surface area contributed by atoms with Crippen molar-refractivity contribution < 1.29 is 19.9 Å². The molecule has 15 heavy (non-hydrogen) atoms. The van der Waals surface area contributed by atoms with Gasteiger partial charge in [-0.15, -0.1) is 0 Å². The number of likely N-dealkylation sites (tertiary alicyclic amines) is 1. The van der Waals surface area contributed by atoms with Crippen molar-refractivity contribution in [1.29, 1.82) is 0 Å². The Balaban J connectivity index is 2.75. The SMILES string of the molecule is CCCC1CCC(C(=O)NO)N1C(=O)O. The molecule has 0 aromatic rings. The summed E-state index contributed by atoms with van der Waals surface area (Å²) < 4.78 is 0. The molecule has 6 heteroatoms. The van der Waals surface area contributed by atoms with Crippen LogP contribution in [0.5, 0.6) is 0 Å². The first kappa shape index (κ1) is 11.8. The van der Waals surface area contributed by atoms with Gasteiger partial charge >= 0.3 is 6.09 Å². The topological polar surface area (TPSA) is 89.9 Å². The number of carbonyl (C=O) groups excluding carboxylic acids is 1. The second-order valence-electron chi connectivity index (χ2n) is 3.70. The van der Waals surface area contributed by atoms with Gasteiger partial charge in [-0.3, -0.25) is 14.9 Å². The van der Waals surface area contributed by atoms with E-state index < -0.39 is 18.0 Å². The molecule has 0 aromatic carbocycles. The van der Waals surface area contributed by atoms with Crippen LogP contribution in [0.15, 0.2) is 0 Å². The molecule has 0 saturated carbocycles. The lowest BCUT2D eigenvalue weighted by Gasteiger charge is -2.25. The van der Waals surface area contributed by atoms with Crippen LogP contribution >= 0.6 is 0 Å². The van der Waals surface area contributed by atoms with Crippen LogP contribution < -0.4 is 5.48 Å². The zero-order chi connectivity index (χ0) is 11.4. The Kier molecular flexibility index (Phi) is 3.90. The molecule has 3 N–H and O–H groups in total. The van der Waals surface area contributed by atoms with Gasteiger partial charge in [0, 0.05) is 6.04 Å². The Morgan fingerprint density at radius 3 is 2.60 bits per heavy atom. The van der Waals surface area contributed by atoms with Crippen LogP contribution in [0.4, 0.5) is 4.79 Å². The normalized spacial score (nSPS) is 25.3. The molecule has 0 aromatic heterocycles. The number of hydroxylamine groups is 1. The summed E-state index contributed by atoms with van der Waals surface area (Å²) in [5, 5.41) is 17.5. The minimum Gasteiger partial charge on any atom is -0.465 e. The minimum atomic E-state index is -1.10. The highest BCUT2D eigenvalue weighted by molar-refractivity contribution is 5.85. The van der Waals surface area contributed by atoms with E-state index in [1.54, 1.807) is 0 Å². The molecule has 1 aliphatic rings. The third kappa shape index (κ3) is 2.38. The van der Waals surface area contributed by atoms with Crippen LogP contribution in [0.25, 0.3) is 0 Å². The van der Waals surface area contributed by atoms with Crippen molar-refractivity contribution in [3.8, 4) is 0 Å². The number of rotatable bonds is 3. The molecule has 1 heterocycles. The maximum absolute atomic E-state index is 11.2. The van der Waals surface area contributed by atoms with E-state index in [1.165, 1.54) is 5.48 Å². The van der Waals surface area contributed by atoms with E-state index in [0.717, 1.165) is 17.7 Å². The lowest BCUT2D eigenvalue weighted by molar-refractivity contribution is -0.133. The zero-order valence-corrected chi connectivity index (χ0v) is 8.64. The van der Waals surface area contributed by atoms with Gasteiger partial charge in [-0.2, -0.15) is 0 Å². The standard InChI is InChI=1S/C9H16N2O4/c1-2-3-6-4-5-7(8(12)10-15)11(6)9(13)14/h6-7,15H,2-5H2,1H3,(H,10,12)(H,13,14). The summed E-state index contributed by atoms with van der Waals surface area (Å²) in [7, 11) is 0. The van der Waals surface area contributed by atoms with Gasteiger partial charge in [-0.25, -0.2) is 10.3 Å². The van der Waals surface area contributed by atoms with E-state index in [2.05, 4.69) is 0 Å². The number of amides is 2. The van der Waals surface area contributed by atoms with Gasteiger partial charge in [0.25, 0.3) is 5.91 Å². The molecule has 0 bridgehead atoms. The number of hydrogen-bond acceptors (Lipinski definition) is 3. The van der Waals surface area contributed by atoms with Crippen LogP contribution in [-0.4, -0.2) is 39.3 Å². The summed E-state index contributed by atoms with van der Waals surface area (Å²) in [6, 6.07) is -0.848. The van der Waals surface area contributed by atoms with E-state index in [0.29, 0.717) is 12.8 Å². The van der Waals surface area contributed by atoms with E-state index in [1.807, 2.05) is 6.92 Å². The number of hydrogen-bond donors (Lipinski definition) is 3. The Bertz CT molecular complexity index is 256. The quantitative estimate of drug-likeness (QED) is 0.481. The highest BCUT2D eigenvalue weighted by Gasteiger charge is 2.40. The second kappa shape index (κ2) is 4.97. The smallest absolute Gasteiger partial charge is 0.408 e. The highest BCUT2D eigenvalue weighted by atomic mass is 16.5. The average Bonchev–Trinajstić information content (AvgIpc) is 2.61. The van der Waals surface area contributed by atoms with E-state index in [-0.39, 0.29) is 6.04 Å². The van der Waals surface area contributed by atoms with Crippen molar-refractivity contribution in [1.82, 2.24) is 10.4 Å². The number of carbonyl (C=O) groups is 2. The van der Waals surface area contributed by atoms with E-state index >= 15 is 0 Å². The van der Waals surface area contributed by atoms with Gasteiger partial charge in [-0.1, -0.05) is 13.3 Å². The third-order valence-electron chi connectivity index (χ3n) is 2.76. The molecule has 0 radical (unpaired) electrons. The summed E-state index contributed by atoms with van der Waals surface area (Å²) in [6.07, 6.45) is 1.69. The predicted octanol–water partition coefficient (Wildman–Crippen LogP) is 0.803. The lowest BCUT2D eigenvalue weighted by atomic mass is 10.1. The minimum absolute atomic E-state index is 0.102. The molecule has 1 rings (SSSR count). The van der Waals surface area contributed by atoms with Crippen molar-refractivity contribution in [2.24, 2.45) is 0 Å². The van der Waals surface area contributed by atoms with Gasteiger partial charge < -0.3 is 5.11 Å². The molecule has 0 spiro atoms. The van der Waals surface area contributed by atoms with E-state index in [9.17, 15) is 9.59 Å². The molecule has 1 saturated heterocycles. The van der Waals surface area contributed by atoms with Crippen LogP contribution in [-0.2, 0) is 4.79 Å². The van der Waals surface area contributed by atoms with Crippen LogP contribution in [0.2, 0.25) is 0 Å². The number of nitrogens with one attached hydrogen (secondary N) is 1. The maximum atomic E-state index is 11.2. The number of carboxylic acid groups (broad SMARTS) is 1.